The zero-order valence-electron chi connectivity index (χ0n) is 14.8. The molecule has 24 heavy (non-hydrogen) atoms. The lowest BCUT2D eigenvalue weighted by Gasteiger charge is -2.28. The third-order valence-corrected chi connectivity index (χ3v) is 4.86. The molecule has 2 heterocycles. The number of halogens is 1. The van der Waals surface area contributed by atoms with E-state index in [1.54, 1.807) is 0 Å². The number of morpholine rings is 1. The first-order valence-electron chi connectivity index (χ1n) is 8.92. The van der Waals surface area contributed by atoms with Crippen LogP contribution in [-0.4, -0.2) is 44.5 Å². The van der Waals surface area contributed by atoms with Gasteiger partial charge in [-0.15, -0.1) is 0 Å². The van der Waals surface area contributed by atoms with Crippen LogP contribution in [0.4, 0.5) is 0 Å². The van der Waals surface area contributed by atoms with Crippen LogP contribution in [0.15, 0.2) is 18.2 Å². The van der Waals surface area contributed by atoms with Crippen LogP contribution in [0.3, 0.4) is 0 Å². The van der Waals surface area contributed by atoms with E-state index >= 15 is 0 Å². The molecule has 3 rings (SSSR count). The van der Waals surface area contributed by atoms with Crippen molar-refractivity contribution in [1.82, 2.24) is 4.90 Å². The highest BCUT2D eigenvalue weighted by molar-refractivity contribution is 5.45. The fourth-order valence-corrected chi connectivity index (χ4v) is 3.34. The predicted molar refractivity (Wildman–Crippen MR) is 91.3 cm³/mol. The molecule has 2 aliphatic heterocycles. The molecule has 0 aliphatic carbocycles. The number of hydrogen-bond donors (Lipinski definition) is 0. The van der Waals surface area contributed by atoms with Crippen LogP contribution in [0.25, 0.3) is 0 Å². The summed E-state index contributed by atoms with van der Waals surface area (Å²) in [7, 11) is 0. The summed E-state index contributed by atoms with van der Waals surface area (Å²) >= 11 is 0. The van der Waals surface area contributed by atoms with E-state index in [1.165, 1.54) is 24.8 Å². The highest BCUT2D eigenvalue weighted by Gasteiger charge is 2.20. The number of hydrogen-bond acceptors (Lipinski definition) is 4. The average molecular weight is 355 g/mol. The summed E-state index contributed by atoms with van der Waals surface area (Å²) in [5.41, 5.74) is 1.39. The van der Waals surface area contributed by atoms with E-state index in [1.807, 2.05) is 0 Å². The Morgan fingerprint density at radius 2 is 1.75 bits per heavy atom. The van der Waals surface area contributed by atoms with Gasteiger partial charge in [-0.1, -0.05) is 26.3 Å². The predicted octanol–water partition coefficient (Wildman–Crippen LogP) is 0.661. The molecule has 5 heteroatoms. The highest BCUT2D eigenvalue weighted by atomic mass is 35.5. The molecule has 1 fully saturated rings. The zero-order chi connectivity index (χ0) is 16.1. The molecule has 1 aromatic rings. The van der Waals surface area contributed by atoms with Gasteiger partial charge in [-0.2, -0.15) is 0 Å². The number of ether oxygens (including phenoxy) is 3. The second kappa shape index (κ2) is 9.50. The fourth-order valence-electron chi connectivity index (χ4n) is 3.34. The maximum Gasteiger partial charge on any atom is 0.231 e. The van der Waals surface area contributed by atoms with E-state index in [9.17, 15) is 0 Å². The molecule has 0 N–H and O–H groups in total. The lowest BCUT2D eigenvalue weighted by molar-refractivity contribution is -0.00000803. The summed E-state index contributed by atoms with van der Waals surface area (Å²) in [5.74, 6) is 3.12. The molecular weight excluding hydrogens is 326 g/mol. The second-order valence-electron chi connectivity index (χ2n) is 7.02. The number of nitrogens with zero attached hydrogens (tertiary/aromatic N) is 1. The van der Waals surface area contributed by atoms with E-state index in [0.717, 1.165) is 50.3 Å². The summed E-state index contributed by atoms with van der Waals surface area (Å²) < 4.78 is 16.5. The summed E-state index contributed by atoms with van der Waals surface area (Å²) in [6, 6.07) is 6.47. The molecule has 2 aliphatic rings. The molecule has 0 bridgehead atoms. The standard InChI is InChI=1S/C19H29NO3.ClH/c1-15(2)3-4-16(7-8-20-9-11-21-12-10-20)17-5-6-18-19(13-17)23-14-22-18;/h5-6,13,15-16H,3-4,7-12,14H2,1-2H3;1H/p-1. The van der Waals surface area contributed by atoms with Gasteiger partial charge in [0.2, 0.25) is 6.79 Å². The van der Waals surface area contributed by atoms with Crippen molar-refractivity contribution in [1.29, 1.82) is 0 Å². The smallest absolute Gasteiger partial charge is 0.231 e. The van der Waals surface area contributed by atoms with Crippen molar-refractivity contribution in [2.24, 2.45) is 5.92 Å². The summed E-state index contributed by atoms with van der Waals surface area (Å²) in [6.07, 6.45) is 3.70. The molecule has 1 saturated heterocycles. The monoisotopic (exact) mass is 354 g/mol. The normalized spacial score (nSPS) is 18.5. The molecular formula is C19H29ClNO3-. The van der Waals surface area contributed by atoms with Gasteiger partial charge in [0.25, 0.3) is 0 Å². The Bertz CT molecular complexity index is 503. The van der Waals surface area contributed by atoms with Gasteiger partial charge in [0.1, 0.15) is 0 Å². The topological polar surface area (TPSA) is 30.9 Å². The van der Waals surface area contributed by atoms with Crippen molar-refractivity contribution in [3.05, 3.63) is 23.8 Å². The largest absolute Gasteiger partial charge is 1.00 e. The summed E-state index contributed by atoms with van der Waals surface area (Å²) in [6.45, 7) is 10.00. The average Bonchev–Trinajstić information content (AvgIpc) is 3.03. The second-order valence-corrected chi connectivity index (χ2v) is 7.02. The molecule has 0 radical (unpaired) electrons. The molecule has 0 aromatic heterocycles. The van der Waals surface area contributed by atoms with Crippen molar-refractivity contribution < 1.29 is 26.6 Å². The van der Waals surface area contributed by atoms with Crippen molar-refractivity contribution in [3.8, 4) is 11.5 Å². The SMILES string of the molecule is CC(C)CCC(CCN1CCOCC1)c1ccc2c(c1)OCO2.[Cl-]. The van der Waals surface area contributed by atoms with Gasteiger partial charge >= 0.3 is 0 Å². The maximum atomic E-state index is 5.56. The first-order valence-corrected chi connectivity index (χ1v) is 8.92. The van der Waals surface area contributed by atoms with E-state index in [-0.39, 0.29) is 12.4 Å². The third-order valence-electron chi connectivity index (χ3n) is 4.86. The molecule has 1 unspecified atom stereocenters. The maximum absolute atomic E-state index is 5.56. The van der Waals surface area contributed by atoms with Crippen LogP contribution in [0.5, 0.6) is 11.5 Å². The van der Waals surface area contributed by atoms with Gasteiger partial charge in [-0.05, 0) is 48.9 Å². The van der Waals surface area contributed by atoms with E-state index in [2.05, 4.69) is 36.9 Å². The van der Waals surface area contributed by atoms with E-state index in [0.29, 0.717) is 12.7 Å². The Morgan fingerprint density at radius 1 is 1.00 bits per heavy atom. The summed E-state index contributed by atoms with van der Waals surface area (Å²) in [5, 5.41) is 0. The summed E-state index contributed by atoms with van der Waals surface area (Å²) in [4.78, 5) is 2.53. The highest BCUT2D eigenvalue weighted by Crippen LogP contribution is 2.37. The molecule has 0 spiro atoms. The van der Waals surface area contributed by atoms with Gasteiger partial charge < -0.3 is 26.6 Å². The number of fused-ring (bicyclic) bond motifs is 1. The zero-order valence-corrected chi connectivity index (χ0v) is 15.6. The molecule has 136 valence electrons. The lowest BCUT2D eigenvalue weighted by atomic mass is 9.88. The molecule has 0 amide bonds. The van der Waals surface area contributed by atoms with Gasteiger partial charge in [0.15, 0.2) is 11.5 Å². The van der Waals surface area contributed by atoms with Gasteiger partial charge in [0.05, 0.1) is 13.2 Å². The minimum atomic E-state index is 0. The molecule has 1 aromatic carbocycles. The Balaban J connectivity index is 0.00000208. The Morgan fingerprint density at radius 3 is 2.50 bits per heavy atom. The Hall–Kier alpha value is -0.970. The van der Waals surface area contributed by atoms with Crippen LogP contribution in [0.1, 0.15) is 44.6 Å². The number of benzene rings is 1. The van der Waals surface area contributed by atoms with Gasteiger partial charge in [-0.25, -0.2) is 0 Å². The quantitative estimate of drug-likeness (QED) is 0.720. The van der Waals surface area contributed by atoms with Crippen molar-refractivity contribution >= 4 is 0 Å². The van der Waals surface area contributed by atoms with Crippen molar-refractivity contribution in [2.45, 2.75) is 39.0 Å². The lowest BCUT2D eigenvalue weighted by Crippen LogP contribution is -3.00. The van der Waals surface area contributed by atoms with Gasteiger partial charge in [-0.3, -0.25) is 4.90 Å². The van der Waals surface area contributed by atoms with Crippen LogP contribution in [-0.2, 0) is 4.74 Å². The fraction of sp³-hybridized carbons (Fsp3) is 0.684. The van der Waals surface area contributed by atoms with Crippen molar-refractivity contribution in [2.75, 3.05) is 39.6 Å². The molecule has 0 saturated carbocycles. The van der Waals surface area contributed by atoms with E-state index < -0.39 is 0 Å². The Kier molecular flexibility index (Phi) is 7.66. The molecule has 1 atom stereocenters. The van der Waals surface area contributed by atoms with Crippen molar-refractivity contribution in [3.63, 3.8) is 0 Å². The molecule has 4 nitrogen and oxygen atoms in total. The minimum absolute atomic E-state index is 0. The van der Waals surface area contributed by atoms with Crippen LogP contribution in [0, 0.1) is 5.92 Å². The minimum Gasteiger partial charge on any atom is -1.00 e. The Labute approximate surface area is 151 Å². The number of rotatable bonds is 7. The van der Waals surface area contributed by atoms with Crippen LogP contribution >= 0.6 is 0 Å². The van der Waals surface area contributed by atoms with Gasteiger partial charge in [0, 0.05) is 13.1 Å². The first-order chi connectivity index (χ1) is 11.2. The van der Waals surface area contributed by atoms with Crippen LogP contribution < -0.4 is 21.9 Å². The first kappa shape index (κ1) is 19.4. The van der Waals surface area contributed by atoms with Crippen LogP contribution in [0.2, 0.25) is 0 Å². The third kappa shape index (κ3) is 5.27. The van der Waals surface area contributed by atoms with E-state index in [4.69, 9.17) is 14.2 Å².